The third-order valence-electron chi connectivity index (χ3n) is 1.90. The highest BCUT2D eigenvalue weighted by Crippen LogP contribution is 2.07. The molecule has 0 unspecified atom stereocenters. The van der Waals surface area contributed by atoms with Crippen molar-refractivity contribution >= 4 is 11.9 Å². The lowest BCUT2D eigenvalue weighted by molar-refractivity contribution is 0.332. The Labute approximate surface area is 92.8 Å². The predicted octanol–water partition coefficient (Wildman–Crippen LogP) is 0.878. The molecule has 0 bridgehead atoms. The van der Waals surface area contributed by atoms with E-state index in [0.717, 1.165) is 5.75 Å². The van der Waals surface area contributed by atoms with Crippen molar-refractivity contribution in [3.05, 3.63) is 30.3 Å². The molecule has 6 nitrogen and oxygen atoms in total. The lowest BCUT2D eigenvalue weighted by Gasteiger charge is -2.05. The molecule has 2 aromatic rings. The number of nitrogens with two attached hydrogens (primary N) is 1. The minimum atomic E-state index is 0.298. The van der Waals surface area contributed by atoms with Gasteiger partial charge in [-0.05, 0) is 12.1 Å². The zero-order chi connectivity index (χ0) is 11.2. The van der Waals surface area contributed by atoms with E-state index < -0.39 is 0 Å². The van der Waals surface area contributed by atoms with E-state index >= 15 is 0 Å². The number of nitrogen functional groups attached to an aromatic ring is 1. The molecule has 0 fully saturated rings. The molecule has 0 spiro atoms. The van der Waals surface area contributed by atoms with Crippen LogP contribution in [0, 0.1) is 0 Å². The molecule has 0 saturated carbocycles. The highest BCUT2D eigenvalue weighted by atomic mass is 16.5. The Balaban J connectivity index is 1.69. The summed E-state index contributed by atoms with van der Waals surface area (Å²) in [6.07, 6.45) is 0. The van der Waals surface area contributed by atoms with Gasteiger partial charge < -0.3 is 15.8 Å². The second kappa shape index (κ2) is 5.01. The van der Waals surface area contributed by atoms with Crippen LogP contribution in [0.1, 0.15) is 0 Å². The summed E-state index contributed by atoms with van der Waals surface area (Å²) in [6.45, 7) is 1.16. The molecule has 0 atom stereocenters. The van der Waals surface area contributed by atoms with Crippen LogP contribution in [0.25, 0.3) is 0 Å². The normalized spacial score (nSPS) is 10.0. The molecule has 1 heterocycles. The maximum Gasteiger partial charge on any atom is 0.243 e. The largest absolute Gasteiger partial charge is 0.492 e. The maximum absolute atomic E-state index is 5.48. The molecule has 4 N–H and O–H groups in total. The SMILES string of the molecule is Nc1nc(NCCOc2ccccc2)n[nH]1. The van der Waals surface area contributed by atoms with Crippen LogP contribution in [0.4, 0.5) is 11.9 Å². The van der Waals surface area contributed by atoms with Gasteiger partial charge in [-0.2, -0.15) is 4.98 Å². The van der Waals surface area contributed by atoms with E-state index in [2.05, 4.69) is 20.5 Å². The summed E-state index contributed by atoms with van der Waals surface area (Å²) in [5.74, 6) is 1.62. The van der Waals surface area contributed by atoms with Gasteiger partial charge in [-0.1, -0.05) is 18.2 Å². The number of hydrogen-bond donors (Lipinski definition) is 3. The molecular formula is C10H13N5O. The van der Waals surface area contributed by atoms with Crippen LogP contribution in [-0.4, -0.2) is 28.3 Å². The van der Waals surface area contributed by atoms with E-state index in [1.165, 1.54) is 0 Å². The quantitative estimate of drug-likeness (QED) is 0.649. The van der Waals surface area contributed by atoms with E-state index in [1.54, 1.807) is 0 Å². The Morgan fingerprint density at radius 3 is 2.81 bits per heavy atom. The molecular weight excluding hydrogens is 206 g/mol. The minimum absolute atomic E-state index is 0.298. The first-order valence-corrected chi connectivity index (χ1v) is 4.94. The number of nitrogens with one attached hydrogen (secondary N) is 2. The van der Waals surface area contributed by atoms with Crippen LogP contribution in [0.3, 0.4) is 0 Å². The van der Waals surface area contributed by atoms with Crippen molar-refractivity contribution in [1.82, 2.24) is 15.2 Å². The maximum atomic E-state index is 5.48. The molecule has 0 radical (unpaired) electrons. The van der Waals surface area contributed by atoms with Gasteiger partial charge in [-0.25, -0.2) is 5.10 Å². The predicted molar refractivity (Wildman–Crippen MR) is 61.2 cm³/mol. The molecule has 2 rings (SSSR count). The summed E-state index contributed by atoms with van der Waals surface area (Å²) in [6, 6.07) is 9.62. The van der Waals surface area contributed by atoms with Crippen molar-refractivity contribution in [2.45, 2.75) is 0 Å². The van der Waals surface area contributed by atoms with Gasteiger partial charge >= 0.3 is 0 Å². The molecule has 6 heteroatoms. The van der Waals surface area contributed by atoms with Crippen molar-refractivity contribution in [3.63, 3.8) is 0 Å². The first-order valence-electron chi connectivity index (χ1n) is 4.94. The molecule has 0 aliphatic carbocycles. The fraction of sp³-hybridized carbons (Fsp3) is 0.200. The minimum Gasteiger partial charge on any atom is -0.492 e. The van der Waals surface area contributed by atoms with Crippen molar-refractivity contribution in [1.29, 1.82) is 0 Å². The van der Waals surface area contributed by atoms with Crippen LogP contribution >= 0.6 is 0 Å². The van der Waals surface area contributed by atoms with E-state index in [1.807, 2.05) is 30.3 Å². The van der Waals surface area contributed by atoms with Crippen LogP contribution in [0.15, 0.2) is 30.3 Å². The molecule has 0 aliphatic rings. The molecule has 0 amide bonds. The van der Waals surface area contributed by atoms with Gasteiger partial charge in [0.2, 0.25) is 11.9 Å². The smallest absolute Gasteiger partial charge is 0.243 e. The number of anilines is 2. The number of hydrogen-bond acceptors (Lipinski definition) is 5. The van der Waals surface area contributed by atoms with Gasteiger partial charge in [0, 0.05) is 0 Å². The average Bonchev–Trinajstić information content (AvgIpc) is 2.72. The monoisotopic (exact) mass is 219 g/mol. The highest BCUT2D eigenvalue weighted by molar-refractivity contribution is 5.29. The molecule has 1 aromatic carbocycles. The number of aromatic amines is 1. The van der Waals surface area contributed by atoms with Crippen molar-refractivity contribution in [2.75, 3.05) is 24.2 Å². The third kappa shape index (κ3) is 2.88. The van der Waals surface area contributed by atoms with E-state index in [0.29, 0.717) is 25.0 Å². The third-order valence-corrected chi connectivity index (χ3v) is 1.90. The number of ether oxygens (including phenoxy) is 1. The van der Waals surface area contributed by atoms with Crippen molar-refractivity contribution in [2.24, 2.45) is 0 Å². The van der Waals surface area contributed by atoms with Gasteiger partial charge in [-0.3, -0.25) is 0 Å². The van der Waals surface area contributed by atoms with Crippen LogP contribution in [-0.2, 0) is 0 Å². The van der Waals surface area contributed by atoms with Gasteiger partial charge in [0.15, 0.2) is 0 Å². The van der Waals surface area contributed by atoms with Crippen LogP contribution in [0.5, 0.6) is 5.75 Å². The van der Waals surface area contributed by atoms with E-state index in [4.69, 9.17) is 10.5 Å². The number of benzene rings is 1. The summed E-state index contributed by atoms with van der Waals surface area (Å²) in [4.78, 5) is 3.90. The molecule has 16 heavy (non-hydrogen) atoms. The highest BCUT2D eigenvalue weighted by Gasteiger charge is 1.98. The number of para-hydroxylation sites is 1. The fourth-order valence-corrected chi connectivity index (χ4v) is 1.20. The molecule has 0 saturated heterocycles. The van der Waals surface area contributed by atoms with Crippen LogP contribution in [0.2, 0.25) is 0 Å². The number of nitrogens with zero attached hydrogens (tertiary/aromatic N) is 2. The summed E-state index contributed by atoms with van der Waals surface area (Å²) >= 11 is 0. The van der Waals surface area contributed by atoms with Crippen LogP contribution < -0.4 is 15.8 Å². The topological polar surface area (TPSA) is 88.8 Å². The molecule has 1 aromatic heterocycles. The number of rotatable bonds is 5. The Morgan fingerprint density at radius 2 is 2.12 bits per heavy atom. The zero-order valence-electron chi connectivity index (χ0n) is 8.68. The van der Waals surface area contributed by atoms with Gasteiger partial charge in [0.1, 0.15) is 12.4 Å². The summed E-state index contributed by atoms with van der Waals surface area (Å²) in [5, 5.41) is 9.35. The van der Waals surface area contributed by atoms with Gasteiger partial charge in [-0.15, -0.1) is 5.10 Å². The lowest BCUT2D eigenvalue weighted by Crippen LogP contribution is -2.12. The molecule has 84 valence electrons. The standard InChI is InChI=1S/C10H13N5O/c11-9-13-10(15-14-9)12-6-7-16-8-4-2-1-3-5-8/h1-5H,6-7H2,(H4,11,12,13,14,15). The summed E-state index contributed by atoms with van der Waals surface area (Å²) in [5.41, 5.74) is 5.37. The summed E-state index contributed by atoms with van der Waals surface area (Å²) < 4.78 is 5.48. The van der Waals surface area contributed by atoms with Crippen molar-refractivity contribution < 1.29 is 4.74 Å². The van der Waals surface area contributed by atoms with E-state index in [9.17, 15) is 0 Å². The second-order valence-corrected chi connectivity index (χ2v) is 3.13. The number of H-pyrrole nitrogens is 1. The average molecular weight is 219 g/mol. The van der Waals surface area contributed by atoms with E-state index in [-0.39, 0.29) is 0 Å². The Bertz CT molecular complexity index is 428. The zero-order valence-corrected chi connectivity index (χ0v) is 8.68. The fourth-order valence-electron chi connectivity index (χ4n) is 1.20. The van der Waals surface area contributed by atoms with Gasteiger partial charge in [0.25, 0.3) is 0 Å². The Kier molecular flexibility index (Phi) is 3.22. The first-order chi connectivity index (χ1) is 7.84. The molecule has 0 aliphatic heterocycles. The Morgan fingerprint density at radius 1 is 1.31 bits per heavy atom. The second-order valence-electron chi connectivity index (χ2n) is 3.13. The Hall–Kier alpha value is -2.24. The van der Waals surface area contributed by atoms with Gasteiger partial charge in [0.05, 0.1) is 6.54 Å². The summed E-state index contributed by atoms with van der Waals surface area (Å²) in [7, 11) is 0. The lowest BCUT2D eigenvalue weighted by atomic mass is 10.3. The van der Waals surface area contributed by atoms with Crippen molar-refractivity contribution in [3.8, 4) is 5.75 Å². The number of aromatic nitrogens is 3. The first kappa shape index (κ1) is 10.3.